The molecule has 0 aliphatic carbocycles. The lowest BCUT2D eigenvalue weighted by Crippen LogP contribution is -2.00. The van der Waals surface area contributed by atoms with Crippen molar-refractivity contribution >= 4 is 15.9 Å². The minimum absolute atomic E-state index is 0.771. The van der Waals surface area contributed by atoms with Gasteiger partial charge in [-0.2, -0.15) is 5.10 Å². The lowest BCUT2D eigenvalue weighted by atomic mass is 10.1. The van der Waals surface area contributed by atoms with Gasteiger partial charge in [-0.15, -0.1) is 0 Å². The molecule has 0 unspecified atom stereocenters. The summed E-state index contributed by atoms with van der Waals surface area (Å²) in [6.07, 6.45) is 4.01. The van der Waals surface area contributed by atoms with Crippen LogP contribution in [0.4, 0.5) is 0 Å². The van der Waals surface area contributed by atoms with E-state index in [1.54, 1.807) is 0 Å². The fourth-order valence-corrected chi connectivity index (χ4v) is 2.56. The lowest BCUT2D eigenvalue weighted by molar-refractivity contribution is 0.685. The molecule has 1 aromatic heterocycles. The molecular formula is C17H15BrN2. The van der Waals surface area contributed by atoms with Crippen molar-refractivity contribution < 1.29 is 0 Å². The summed E-state index contributed by atoms with van der Waals surface area (Å²) in [5.41, 5.74) is 4.85. The largest absolute Gasteiger partial charge is 0.268 e. The van der Waals surface area contributed by atoms with Crippen molar-refractivity contribution in [1.29, 1.82) is 0 Å². The normalized spacial score (nSPS) is 10.7. The van der Waals surface area contributed by atoms with E-state index in [2.05, 4.69) is 70.5 Å². The molecule has 0 fully saturated rings. The second-order valence-corrected chi connectivity index (χ2v) is 5.74. The van der Waals surface area contributed by atoms with Gasteiger partial charge in [0.15, 0.2) is 0 Å². The molecule has 2 nitrogen and oxygen atoms in total. The molecule has 0 N–H and O–H groups in total. The van der Waals surface area contributed by atoms with E-state index in [4.69, 9.17) is 0 Å². The monoisotopic (exact) mass is 326 g/mol. The molecule has 1 heterocycles. The quantitative estimate of drug-likeness (QED) is 0.683. The molecule has 0 saturated heterocycles. The third kappa shape index (κ3) is 2.83. The number of nitrogens with zero attached hydrogens (tertiary/aromatic N) is 2. The van der Waals surface area contributed by atoms with Gasteiger partial charge in [-0.25, -0.2) is 0 Å². The number of benzene rings is 2. The Morgan fingerprint density at radius 2 is 1.75 bits per heavy atom. The van der Waals surface area contributed by atoms with Crippen molar-refractivity contribution in [3.8, 4) is 11.1 Å². The summed E-state index contributed by atoms with van der Waals surface area (Å²) < 4.78 is 3.09. The predicted molar refractivity (Wildman–Crippen MR) is 85.6 cm³/mol. The maximum atomic E-state index is 4.45. The summed E-state index contributed by atoms with van der Waals surface area (Å²) in [7, 11) is 0. The summed E-state index contributed by atoms with van der Waals surface area (Å²) in [6, 6.07) is 16.8. The van der Waals surface area contributed by atoms with Gasteiger partial charge in [0.05, 0.1) is 12.7 Å². The van der Waals surface area contributed by atoms with Gasteiger partial charge in [0, 0.05) is 16.2 Å². The number of hydrogen-bond acceptors (Lipinski definition) is 1. The van der Waals surface area contributed by atoms with Gasteiger partial charge in [0.1, 0.15) is 0 Å². The first-order valence-corrected chi connectivity index (χ1v) is 7.34. The number of hydrogen-bond donors (Lipinski definition) is 0. The van der Waals surface area contributed by atoms with Crippen molar-refractivity contribution in [2.24, 2.45) is 0 Å². The second kappa shape index (κ2) is 5.63. The van der Waals surface area contributed by atoms with Crippen molar-refractivity contribution in [2.75, 3.05) is 0 Å². The maximum Gasteiger partial charge on any atom is 0.0670 e. The number of aryl methyl sites for hydroxylation is 1. The smallest absolute Gasteiger partial charge is 0.0670 e. The van der Waals surface area contributed by atoms with E-state index in [-0.39, 0.29) is 0 Å². The second-order valence-electron chi connectivity index (χ2n) is 4.88. The van der Waals surface area contributed by atoms with Gasteiger partial charge in [0.2, 0.25) is 0 Å². The van der Waals surface area contributed by atoms with Gasteiger partial charge in [-0.05, 0) is 24.1 Å². The van der Waals surface area contributed by atoms with Crippen molar-refractivity contribution in [3.63, 3.8) is 0 Å². The highest BCUT2D eigenvalue weighted by atomic mass is 79.9. The Labute approximate surface area is 127 Å². The van der Waals surface area contributed by atoms with E-state index in [0.717, 1.165) is 16.6 Å². The van der Waals surface area contributed by atoms with E-state index in [9.17, 15) is 0 Å². The topological polar surface area (TPSA) is 17.8 Å². The Morgan fingerprint density at radius 1 is 1.00 bits per heavy atom. The van der Waals surface area contributed by atoms with Crippen molar-refractivity contribution in [1.82, 2.24) is 9.78 Å². The highest BCUT2D eigenvalue weighted by Gasteiger charge is 2.04. The molecule has 3 rings (SSSR count). The Morgan fingerprint density at radius 3 is 2.50 bits per heavy atom. The first kappa shape index (κ1) is 13.1. The van der Waals surface area contributed by atoms with Crippen LogP contribution >= 0.6 is 15.9 Å². The van der Waals surface area contributed by atoms with Gasteiger partial charge in [0.25, 0.3) is 0 Å². The van der Waals surface area contributed by atoms with Crippen molar-refractivity contribution in [2.45, 2.75) is 13.5 Å². The standard InChI is InChI=1S/C17H15BrN2/c1-13-6-8-14(9-7-13)16-10-19-20(12-16)11-15-4-2-3-5-17(15)18/h2-10,12H,11H2,1H3. The fourth-order valence-electron chi connectivity index (χ4n) is 2.15. The minimum Gasteiger partial charge on any atom is -0.268 e. The van der Waals surface area contributed by atoms with Crippen LogP contribution in [-0.4, -0.2) is 9.78 Å². The summed E-state index contributed by atoms with van der Waals surface area (Å²) in [5, 5.41) is 4.45. The first-order valence-electron chi connectivity index (χ1n) is 6.55. The van der Waals surface area contributed by atoms with Crippen LogP contribution in [0.25, 0.3) is 11.1 Å². The van der Waals surface area contributed by atoms with Crippen molar-refractivity contribution in [3.05, 3.63) is 76.5 Å². The molecule has 3 aromatic rings. The highest BCUT2D eigenvalue weighted by molar-refractivity contribution is 9.10. The molecule has 0 amide bonds. The third-order valence-electron chi connectivity index (χ3n) is 3.31. The van der Waals surface area contributed by atoms with Gasteiger partial charge in [-0.3, -0.25) is 4.68 Å². The Kier molecular flexibility index (Phi) is 3.70. The maximum absolute atomic E-state index is 4.45. The molecule has 100 valence electrons. The molecule has 2 aromatic carbocycles. The minimum atomic E-state index is 0.771. The Bertz CT molecular complexity index is 714. The van der Waals surface area contributed by atoms with Crippen LogP contribution in [0.1, 0.15) is 11.1 Å². The zero-order valence-corrected chi connectivity index (χ0v) is 12.8. The van der Waals surface area contributed by atoms with Crippen LogP contribution in [0.5, 0.6) is 0 Å². The SMILES string of the molecule is Cc1ccc(-c2cnn(Cc3ccccc3Br)c2)cc1. The molecule has 0 aliphatic heterocycles. The average molecular weight is 327 g/mol. The van der Waals surface area contributed by atoms with Crippen LogP contribution in [0, 0.1) is 6.92 Å². The molecule has 0 bridgehead atoms. The first-order chi connectivity index (χ1) is 9.72. The number of halogens is 1. The summed E-state index contributed by atoms with van der Waals surface area (Å²) in [6.45, 7) is 2.87. The molecule has 3 heteroatoms. The van der Waals surface area contributed by atoms with Gasteiger partial charge >= 0.3 is 0 Å². The number of rotatable bonds is 3. The van der Waals surface area contributed by atoms with Crippen LogP contribution in [0.15, 0.2) is 65.4 Å². The van der Waals surface area contributed by atoms with E-state index >= 15 is 0 Å². The summed E-state index contributed by atoms with van der Waals surface area (Å²) in [4.78, 5) is 0. The molecule has 0 aliphatic rings. The molecule has 0 atom stereocenters. The van der Waals surface area contributed by atoms with E-state index in [1.165, 1.54) is 16.7 Å². The average Bonchev–Trinajstić information content (AvgIpc) is 2.91. The molecular weight excluding hydrogens is 312 g/mol. The molecule has 0 saturated carbocycles. The Balaban J connectivity index is 1.84. The third-order valence-corrected chi connectivity index (χ3v) is 4.08. The number of aromatic nitrogens is 2. The molecule has 0 radical (unpaired) electrons. The highest BCUT2D eigenvalue weighted by Crippen LogP contribution is 2.21. The van der Waals surface area contributed by atoms with Crippen LogP contribution in [0.3, 0.4) is 0 Å². The summed E-state index contributed by atoms with van der Waals surface area (Å²) >= 11 is 3.57. The van der Waals surface area contributed by atoms with E-state index < -0.39 is 0 Å². The van der Waals surface area contributed by atoms with Gasteiger partial charge < -0.3 is 0 Å². The predicted octanol–water partition coefficient (Wildman–Crippen LogP) is 4.67. The van der Waals surface area contributed by atoms with E-state index in [0.29, 0.717) is 0 Å². The van der Waals surface area contributed by atoms with Crippen LogP contribution < -0.4 is 0 Å². The summed E-state index contributed by atoms with van der Waals surface area (Å²) in [5.74, 6) is 0. The Hall–Kier alpha value is -1.87. The zero-order valence-electron chi connectivity index (χ0n) is 11.3. The zero-order chi connectivity index (χ0) is 13.9. The van der Waals surface area contributed by atoms with Crippen LogP contribution in [0.2, 0.25) is 0 Å². The molecule has 20 heavy (non-hydrogen) atoms. The van der Waals surface area contributed by atoms with Gasteiger partial charge in [-0.1, -0.05) is 64.0 Å². The molecule has 0 spiro atoms. The fraction of sp³-hybridized carbons (Fsp3) is 0.118. The van der Waals surface area contributed by atoms with E-state index in [1.807, 2.05) is 23.0 Å². The van der Waals surface area contributed by atoms with Crippen LogP contribution in [-0.2, 0) is 6.54 Å². The lowest BCUT2D eigenvalue weighted by Gasteiger charge is -2.04.